The molecule has 18 heavy (non-hydrogen) atoms. The lowest BCUT2D eigenvalue weighted by Gasteiger charge is -2.25. The van der Waals surface area contributed by atoms with Crippen molar-refractivity contribution in [1.82, 2.24) is 0 Å². The van der Waals surface area contributed by atoms with Crippen LogP contribution in [0.3, 0.4) is 0 Å². The molecule has 102 valence electrons. The number of aliphatic hydroxyl groups is 1. The van der Waals surface area contributed by atoms with Crippen LogP contribution >= 0.6 is 0 Å². The highest BCUT2D eigenvalue weighted by molar-refractivity contribution is 5.60. The molecule has 0 bridgehead atoms. The van der Waals surface area contributed by atoms with Gasteiger partial charge < -0.3 is 19.5 Å². The highest BCUT2D eigenvalue weighted by Crippen LogP contribution is 2.34. The maximum atomic E-state index is 9.91. The van der Waals surface area contributed by atoms with Gasteiger partial charge in [-0.15, -0.1) is 0 Å². The Labute approximate surface area is 109 Å². The van der Waals surface area contributed by atoms with Crippen molar-refractivity contribution in [3.63, 3.8) is 0 Å². The van der Waals surface area contributed by atoms with E-state index in [9.17, 15) is 5.11 Å². The molecule has 0 amide bonds. The molecule has 1 aromatic rings. The summed E-state index contributed by atoms with van der Waals surface area (Å²) in [6.07, 6.45) is 0.393. The molecule has 0 aliphatic heterocycles. The summed E-state index contributed by atoms with van der Waals surface area (Å²) in [6, 6.07) is 5.80. The molecule has 4 heteroatoms. The first-order chi connectivity index (χ1) is 8.61. The summed E-state index contributed by atoms with van der Waals surface area (Å²) in [5.41, 5.74) is 1.83. The number of ether oxygens (including phenoxy) is 2. The number of benzene rings is 1. The Kier molecular flexibility index (Phi) is 5.95. The first-order valence-corrected chi connectivity index (χ1v) is 6.16. The van der Waals surface area contributed by atoms with E-state index >= 15 is 0 Å². The number of anilines is 1. The van der Waals surface area contributed by atoms with Crippen LogP contribution in [-0.2, 0) is 4.74 Å². The third-order valence-electron chi connectivity index (χ3n) is 2.93. The zero-order chi connectivity index (χ0) is 13.5. The molecule has 1 atom stereocenters. The number of hydrogen-bond acceptors (Lipinski definition) is 4. The second-order valence-corrected chi connectivity index (χ2v) is 4.34. The van der Waals surface area contributed by atoms with Gasteiger partial charge in [0.2, 0.25) is 0 Å². The fourth-order valence-electron chi connectivity index (χ4n) is 2.03. The van der Waals surface area contributed by atoms with E-state index in [0.29, 0.717) is 0 Å². The summed E-state index contributed by atoms with van der Waals surface area (Å²) in [7, 11) is 5.33. The normalized spacial score (nSPS) is 12.3. The van der Waals surface area contributed by atoms with E-state index in [1.165, 1.54) is 0 Å². The lowest BCUT2D eigenvalue weighted by molar-refractivity contribution is 0.193. The van der Waals surface area contributed by atoms with Crippen molar-refractivity contribution >= 4 is 5.69 Å². The minimum atomic E-state index is -0.555. The van der Waals surface area contributed by atoms with Crippen molar-refractivity contribution in [3.05, 3.63) is 23.8 Å². The number of rotatable bonds is 7. The van der Waals surface area contributed by atoms with Crippen LogP contribution in [0.25, 0.3) is 0 Å². The van der Waals surface area contributed by atoms with E-state index in [0.717, 1.165) is 36.6 Å². The van der Waals surface area contributed by atoms with Crippen molar-refractivity contribution in [2.24, 2.45) is 0 Å². The third-order valence-corrected chi connectivity index (χ3v) is 2.93. The van der Waals surface area contributed by atoms with Crippen LogP contribution in [0.15, 0.2) is 18.2 Å². The molecule has 0 aromatic heterocycles. The van der Waals surface area contributed by atoms with E-state index in [-0.39, 0.29) is 0 Å². The Morgan fingerprint density at radius 1 is 1.33 bits per heavy atom. The maximum Gasteiger partial charge on any atom is 0.126 e. The summed E-state index contributed by atoms with van der Waals surface area (Å²) in [4.78, 5) is 2.11. The van der Waals surface area contributed by atoms with Crippen LogP contribution in [0.2, 0.25) is 0 Å². The third kappa shape index (κ3) is 3.62. The van der Waals surface area contributed by atoms with Gasteiger partial charge in [-0.05, 0) is 25.5 Å². The zero-order valence-corrected chi connectivity index (χ0v) is 11.6. The van der Waals surface area contributed by atoms with Crippen LogP contribution in [0.5, 0.6) is 5.75 Å². The lowest BCUT2D eigenvalue weighted by Crippen LogP contribution is -2.21. The SMILES string of the molecule is COCCCN(C)c1cccc(OC)c1[C@@H](C)O. The molecule has 0 aliphatic carbocycles. The lowest BCUT2D eigenvalue weighted by atomic mass is 10.1. The van der Waals surface area contributed by atoms with E-state index < -0.39 is 6.10 Å². The molecule has 0 saturated heterocycles. The number of hydrogen-bond donors (Lipinski definition) is 1. The second kappa shape index (κ2) is 7.24. The molecule has 0 spiro atoms. The highest BCUT2D eigenvalue weighted by Gasteiger charge is 2.16. The Morgan fingerprint density at radius 3 is 2.61 bits per heavy atom. The topological polar surface area (TPSA) is 41.9 Å². The van der Waals surface area contributed by atoms with Crippen LogP contribution in [0.1, 0.15) is 25.0 Å². The van der Waals surface area contributed by atoms with Crippen LogP contribution in [0, 0.1) is 0 Å². The molecule has 1 N–H and O–H groups in total. The molecular weight excluding hydrogens is 230 g/mol. The van der Waals surface area contributed by atoms with Crippen molar-refractivity contribution in [2.75, 3.05) is 39.3 Å². The van der Waals surface area contributed by atoms with Crippen molar-refractivity contribution < 1.29 is 14.6 Å². The second-order valence-electron chi connectivity index (χ2n) is 4.34. The minimum Gasteiger partial charge on any atom is -0.496 e. The van der Waals surface area contributed by atoms with Gasteiger partial charge in [-0.3, -0.25) is 0 Å². The molecule has 0 radical (unpaired) electrons. The monoisotopic (exact) mass is 253 g/mol. The maximum absolute atomic E-state index is 9.91. The molecule has 0 saturated carbocycles. The molecule has 4 nitrogen and oxygen atoms in total. The van der Waals surface area contributed by atoms with E-state index in [1.807, 2.05) is 25.2 Å². The summed E-state index contributed by atoms with van der Waals surface area (Å²) < 4.78 is 10.4. The molecule has 0 unspecified atom stereocenters. The quantitative estimate of drug-likeness (QED) is 0.757. The van der Waals surface area contributed by atoms with E-state index in [1.54, 1.807) is 21.1 Å². The Balaban J connectivity index is 2.92. The summed E-state index contributed by atoms with van der Waals surface area (Å²) in [5, 5.41) is 9.91. The van der Waals surface area contributed by atoms with Gasteiger partial charge in [0.1, 0.15) is 5.75 Å². The molecule has 0 heterocycles. The summed E-state index contributed by atoms with van der Waals surface area (Å²) in [5.74, 6) is 0.723. The Bertz CT molecular complexity index is 366. The number of nitrogens with zero attached hydrogens (tertiary/aromatic N) is 1. The van der Waals surface area contributed by atoms with Gasteiger partial charge in [0.05, 0.1) is 13.2 Å². The molecular formula is C14H23NO3. The Morgan fingerprint density at radius 2 is 2.06 bits per heavy atom. The van der Waals surface area contributed by atoms with Crippen LogP contribution in [-0.4, -0.2) is 39.5 Å². The predicted octanol–water partition coefficient (Wildman–Crippen LogP) is 2.22. The summed E-state index contributed by atoms with van der Waals surface area (Å²) in [6.45, 7) is 3.36. The number of methoxy groups -OCH3 is 2. The largest absolute Gasteiger partial charge is 0.496 e. The van der Waals surface area contributed by atoms with E-state index in [2.05, 4.69) is 4.90 Å². The zero-order valence-electron chi connectivity index (χ0n) is 11.6. The van der Waals surface area contributed by atoms with Crippen LogP contribution in [0.4, 0.5) is 5.69 Å². The summed E-state index contributed by atoms with van der Waals surface area (Å²) >= 11 is 0. The van der Waals surface area contributed by atoms with Crippen molar-refractivity contribution in [1.29, 1.82) is 0 Å². The van der Waals surface area contributed by atoms with Gasteiger partial charge in [0.15, 0.2) is 0 Å². The average molecular weight is 253 g/mol. The fraction of sp³-hybridized carbons (Fsp3) is 0.571. The van der Waals surface area contributed by atoms with Gasteiger partial charge in [-0.1, -0.05) is 6.07 Å². The smallest absolute Gasteiger partial charge is 0.126 e. The minimum absolute atomic E-state index is 0.555. The van der Waals surface area contributed by atoms with Gasteiger partial charge in [-0.2, -0.15) is 0 Å². The van der Waals surface area contributed by atoms with Gasteiger partial charge in [-0.25, -0.2) is 0 Å². The Hall–Kier alpha value is -1.26. The molecule has 0 fully saturated rings. The molecule has 1 rings (SSSR count). The standard InChI is InChI=1S/C14H23NO3/c1-11(16)14-12(7-5-8-13(14)18-4)15(2)9-6-10-17-3/h5,7-8,11,16H,6,9-10H2,1-4H3/t11-/m1/s1. The first kappa shape index (κ1) is 14.8. The van der Waals surface area contributed by atoms with Gasteiger partial charge in [0, 0.05) is 38.6 Å². The highest BCUT2D eigenvalue weighted by atomic mass is 16.5. The van der Waals surface area contributed by atoms with Crippen molar-refractivity contribution in [2.45, 2.75) is 19.4 Å². The average Bonchev–Trinajstić information content (AvgIpc) is 2.37. The predicted molar refractivity (Wildman–Crippen MR) is 73.4 cm³/mol. The van der Waals surface area contributed by atoms with E-state index in [4.69, 9.17) is 9.47 Å². The molecule has 0 aliphatic rings. The van der Waals surface area contributed by atoms with Crippen molar-refractivity contribution in [3.8, 4) is 5.75 Å². The van der Waals surface area contributed by atoms with Gasteiger partial charge >= 0.3 is 0 Å². The number of aliphatic hydroxyl groups excluding tert-OH is 1. The van der Waals surface area contributed by atoms with Gasteiger partial charge in [0.25, 0.3) is 0 Å². The van der Waals surface area contributed by atoms with Crippen LogP contribution < -0.4 is 9.64 Å². The fourth-order valence-corrected chi connectivity index (χ4v) is 2.03. The molecule has 1 aromatic carbocycles. The first-order valence-electron chi connectivity index (χ1n) is 6.16.